The van der Waals surface area contributed by atoms with Gasteiger partial charge in [-0.1, -0.05) is 6.07 Å². The maximum atomic E-state index is 13.8. The Labute approximate surface area is 140 Å². The van der Waals surface area contributed by atoms with Gasteiger partial charge in [0.2, 0.25) is 0 Å². The molecule has 1 aromatic carbocycles. The van der Waals surface area contributed by atoms with Gasteiger partial charge in [0, 0.05) is 13.1 Å². The quantitative estimate of drug-likeness (QED) is 0.601. The van der Waals surface area contributed by atoms with Crippen LogP contribution in [0.25, 0.3) is 0 Å². The molecule has 6 heteroatoms. The average molecular weight is 335 g/mol. The summed E-state index contributed by atoms with van der Waals surface area (Å²) < 4.78 is 19.1. The predicted molar refractivity (Wildman–Crippen MR) is 93.5 cm³/mol. The standard InChI is InChI=1S/C17H22FN3OS/c1-3-19-17(21-11-14-7-8-23-12-14)20-10-13-5-6-16(22-4-2)15(18)9-13/h5-9,12H,3-4,10-11H2,1-2H3,(H2,19,20,21). The fourth-order valence-corrected chi connectivity index (χ4v) is 2.67. The van der Waals surface area contributed by atoms with Gasteiger partial charge in [-0.25, -0.2) is 9.38 Å². The molecule has 0 fully saturated rings. The van der Waals surface area contributed by atoms with E-state index in [0.717, 1.165) is 12.1 Å². The number of nitrogens with one attached hydrogen (secondary N) is 2. The van der Waals surface area contributed by atoms with Crippen LogP contribution < -0.4 is 15.4 Å². The third-order valence-electron chi connectivity index (χ3n) is 3.10. The summed E-state index contributed by atoms with van der Waals surface area (Å²) in [7, 11) is 0. The zero-order valence-corrected chi connectivity index (χ0v) is 14.3. The summed E-state index contributed by atoms with van der Waals surface area (Å²) in [5, 5.41) is 10.5. The Hall–Kier alpha value is -2.08. The first-order valence-electron chi connectivity index (χ1n) is 7.67. The highest BCUT2D eigenvalue weighted by molar-refractivity contribution is 7.07. The van der Waals surface area contributed by atoms with Gasteiger partial charge in [-0.05, 0) is 53.9 Å². The van der Waals surface area contributed by atoms with Crippen LogP contribution >= 0.6 is 11.3 Å². The molecule has 0 aliphatic carbocycles. The van der Waals surface area contributed by atoms with Crippen LogP contribution in [0.3, 0.4) is 0 Å². The monoisotopic (exact) mass is 335 g/mol. The smallest absolute Gasteiger partial charge is 0.191 e. The van der Waals surface area contributed by atoms with Crippen molar-refractivity contribution in [2.45, 2.75) is 26.9 Å². The van der Waals surface area contributed by atoms with Crippen molar-refractivity contribution >= 4 is 17.3 Å². The van der Waals surface area contributed by atoms with Gasteiger partial charge in [-0.2, -0.15) is 11.3 Å². The van der Waals surface area contributed by atoms with Gasteiger partial charge in [-0.3, -0.25) is 0 Å². The van der Waals surface area contributed by atoms with E-state index in [9.17, 15) is 4.39 Å². The number of hydrogen-bond acceptors (Lipinski definition) is 3. The normalized spacial score (nSPS) is 11.3. The van der Waals surface area contributed by atoms with Crippen LogP contribution in [0, 0.1) is 5.82 Å². The largest absolute Gasteiger partial charge is 0.491 e. The van der Waals surface area contributed by atoms with Gasteiger partial charge in [-0.15, -0.1) is 0 Å². The first-order valence-corrected chi connectivity index (χ1v) is 8.61. The first-order chi connectivity index (χ1) is 11.2. The van der Waals surface area contributed by atoms with E-state index in [1.165, 1.54) is 11.6 Å². The highest BCUT2D eigenvalue weighted by Crippen LogP contribution is 2.18. The van der Waals surface area contributed by atoms with E-state index in [1.54, 1.807) is 17.4 Å². The lowest BCUT2D eigenvalue weighted by atomic mass is 10.2. The minimum Gasteiger partial charge on any atom is -0.491 e. The molecule has 124 valence electrons. The Balaban J connectivity index is 1.95. The molecule has 0 atom stereocenters. The van der Waals surface area contributed by atoms with Crippen LogP contribution in [0.4, 0.5) is 4.39 Å². The molecule has 0 radical (unpaired) electrons. The molecule has 1 aromatic heterocycles. The Kier molecular flexibility index (Phi) is 6.87. The summed E-state index contributed by atoms with van der Waals surface area (Å²) in [4.78, 5) is 4.52. The van der Waals surface area contributed by atoms with Gasteiger partial charge in [0.15, 0.2) is 17.5 Å². The molecule has 0 saturated heterocycles. The first kappa shape index (κ1) is 17.3. The van der Waals surface area contributed by atoms with Crippen LogP contribution in [-0.2, 0) is 13.1 Å². The van der Waals surface area contributed by atoms with Crippen molar-refractivity contribution in [3.05, 3.63) is 52.0 Å². The van der Waals surface area contributed by atoms with E-state index in [2.05, 4.69) is 27.1 Å². The Morgan fingerprint density at radius 3 is 2.74 bits per heavy atom. The second kappa shape index (κ2) is 9.15. The minimum absolute atomic E-state index is 0.286. The van der Waals surface area contributed by atoms with Crippen molar-refractivity contribution in [2.75, 3.05) is 13.2 Å². The number of rotatable bonds is 7. The molecule has 0 aliphatic heterocycles. The second-order valence-corrected chi connectivity index (χ2v) is 5.66. The molecule has 1 heterocycles. The number of hydrogen-bond donors (Lipinski definition) is 2. The van der Waals surface area contributed by atoms with E-state index in [-0.39, 0.29) is 11.6 Å². The van der Waals surface area contributed by atoms with Gasteiger partial charge in [0.05, 0.1) is 13.2 Å². The van der Waals surface area contributed by atoms with E-state index >= 15 is 0 Å². The lowest BCUT2D eigenvalue weighted by Gasteiger charge is -2.12. The summed E-state index contributed by atoms with van der Waals surface area (Å²) in [5.74, 6) is 0.661. The summed E-state index contributed by atoms with van der Waals surface area (Å²) in [6.45, 7) is 6.19. The van der Waals surface area contributed by atoms with Crippen molar-refractivity contribution in [2.24, 2.45) is 4.99 Å². The van der Waals surface area contributed by atoms with Gasteiger partial charge < -0.3 is 15.4 Å². The van der Waals surface area contributed by atoms with E-state index < -0.39 is 0 Å². The molecule has 0 spiro atoms. The molecule has 23 heavy (non-hydrogen) atoms. The SMILES string of the molecule is CCNC(=NCc1ccsc1)NCc1ccc(OCC)c(F)c1. The summed E-state index contributed by atoms with van der Waals surface area (Å²) in [6, 6.07) is 7.05. The van der Waals surface area contributed by atoms with Crippen LogP contribution in [0.15, 0.2) is 40.0 Å². The predicted octanol–water partition coefficient (Wildman–Crippen LogP) is 3.54. The number of thiophene rings is 1. The third kappa shape index (κ3) is 5.56. The minimum atomic E-state index is -0.341. The molecule has 0 aliphatic rings. The molecule has 2 rings (SSSR count). The summed E-state index contributed by atoms with van der Waals surface area (Å²) in [6.07, 6.45) is 0. The highest BCUT2D eigenvalue weighted by atomic mass is 32.1. The molecule has 0 bridgehead atoms. The molecule has 4 nitrogen and oxygen atoms in total. The molecular formula is C17H22FN3OS. The van der Waals surface area contributed by atoms with Crippen molar-refractivity contribution < 1.29 is 9.13 Å². The Morgan fingerprint density at radius 2 is 2.09 bits per heavy atom. The van der Waals surface area contributed by atoms with Crippen LogP contribution in [0.2, 0.25) is 0 Å². The number of ether oxygens (including phenoxy) is 1. The number of aliphatic imine (C=N–C) groups is 1. The molecule has 2 aromatic rings. The molecular weight excluding hydrogens is 313 g/mol. The zero-order valence-electron chi connectivity index (χ0n) is 13.4. The van der Waals surface area contributed by atoms with Crippen molar-refractivity contribution in [1.29, 1.82) is 0 Å². The lowest BCUT2D eigenvalue weighted by molar-refractivity contribution is 0.321. The average Bonchev–Trinajstić information content (AvgIpc) is 3.06. The van der Waals surface area contributed by atoms with E-state index in [1.807, 2.05) is 25.3 Å². The molecule has 0 amide bonds. The van der Waals surface area contributed by atoms with Crippen molar-refractivity contribution in [3.8, 4) is 5.75 Å². The van der Waals surface area contributed by atoms with Gasteiger partial charge >= 0.3 is 0 Å². The Morgan fingerprint density at radius 1 is 1.22 bits per heavy atom. The maximum Gasteiger partial charge on any atom is 0.191 e. The van der Waals surface area contributed by atoms with Crippen LogP contribution in [0.1, 0.15) is 25.0 Å². The zero-order chi connectivity index (χ0) is 16.5. The molecule has 0 saturated carbocycles. The van der Waals surface area contributed by atoms with Gasteiger partial charge in [0.1, 0.15) is 0 Å². The number of nitrogens with zero attached hydrogens (tertiary/aromatic N) is 1. The van der Waals surface area contributed by atoms with Crippen LogP contribution in [0.5, 0.6) is 5.75 Å². The number of guanidine groups is 1. The summed E-state index contributed by atoms with van der Waals surface area (Å²) in [5.41, 5.74) is 2.02. The fourth-order valence-electron chi connectivity index (χ4n) is 2.01. The van der Waals surface area contributed by atoms with E-state index in [0.29, 0.717) is 25.7 Å². The molecule has 0 unspecified atom stereocenters. The number of benzene rings is 1. The van der Waals surface area contributed by atoms with E-state index in [4.69, 9.17) is 4.74 Å². The Bertz CT molecular complexity index is 629. The van der Waals surface area contributed by atoms with Crippen molar-refractivity contribution in [1.82, 2.24) is 10.6 Å². The number of halogens is 1. The topological polar surface area (TPSA) is 45.7 Å². The maximum absolute atomic E-state index is 13.8. The van der Waals surface area contributed by atoms with Gasteiger partial charge in [0.25, 0.3) is 0 Å². The second-order valence-electron chi connectivity index (χ2n) is 4.88. The third-order valence-corrected chi connectivity index (χ3v) is 3.83. The molecule has 2 N–H and O–H groups in total. The van der Waals surface area contributed by atoms with Crippen molar-refractivity contribution in [3.63, 3.8) is 0 Å². The summed E-state index contributed by atoms with van der Waals surface area (Å²) >= 11 is 1.66. The fraction of sp³-hybridized carbons (Fsp3) is 0.353. The van der Waals surface area contributed by atoms with Crippen LogP contribution in [-0.4, -0.2) is 19.1 Å². The highest BCUT2D eigenvalue weighted by Gasteiger charge is 2.05. The lowest BCUT2D eigenvalue weighted by Crippen LogP contribution is -2.36.